The molecular weight excluding hydrogens is 475 g/mol. The molecule has 2 aliphatic rings. The lowest BCUT2D eigenvalue weighted by molar-refractivity contribution is 0.761. The Hall–Kier alpha value is -2.80. The van der Waals surface area contributed by atoms with Gasteiger partial charge in [0.2, 0.25) is 0 Å². The van der Waals surface area contributed by atoms with E-state index in [1.165, 1.54) is 59.2 Å². The van der Waals surface area contributed by atoms with Crippen LogP contribution in [0.5, 0.6) is 0 Å². The summed E-state index contributed by atoms with van der Waals surface area (Å²) in [6, 6.07) is 9.30. The van der Waals surface area contributed by atoms with Crippen molar-refractivity contribution in [2.75, 3.05) is 0 Å². The molecule has 3 aromatic rings. The Morgan fingerprint density at radius 3 is 2.03 bits per heavy atom. The summed E-state index contributed by atoms with van der Waals surface area (Å²) in [5, 5.41) is 0. The molecule has 0 fully saturated rings. The first-order chi connectivity index (χ1) is 17.3. The summed E-state index contributed by atoms with van der Waals surface area (Å²) >= 11 is 3.61. The topological polar surface area (TPSA) is 26.0 Å². The van der Waals surface area contributed by atoms with Gasteiger partial charge in [-0.15, -0.1) is 28.6 Å². The maximum Gasteiger partial charge on any atom is 0.0781 e. The molecule has 188 valence electrons. The first-order valence-electron chi connectivity index (χ1n) is 13.1. The minimum absolute atomic E-state index is 0.277. The predicted octanol–water partition coefficient (Wildman–Crippen LogP) is 10.3. The van der Waals surface area contributed by atoms with Gasteiger partial charge in [-0.2, -0.15) is 0 Å². The van der Waals surface area contributed by atoms with Gasteiger partial charge in [-0.25, -0.2) is 0 Å². The number of nitrogens with two attached hydrogens (primary N) is 1. The van der Waals surface area contributed by atoms with Crippen LogP contribution in [0.15, 0.2) is 42.6 Å². The maximum absolute atomic E-state index is 6.72. The van der Waals surface area contributed by atoms with E-state index in [9.17, 15) is 0 Å². The van der Waals surface area contributed by atoms with E-state index in [0.717, 1.165) is 10.6 Å². The Labute approximate surface area is 226 Å². The summed E-state index contributed by atoms with van der Waals surface area (Å²) in [5.74, 6) is 7.05. The van der Waals surface area contributed by atoms with Gasteiger partial charge in [0.25, 0.3) is 0 Å². The van der Waals surface area contributed by atoms with Gasteiger partial charge in [0.15, 0.2) is 0 Å². The monoisotopic (exact) mass is 513 g/mol. The van der Waals surface area contributed by atoms with E-state index in [4.69, 9.17) is 5.73 Å². The van der Waals surface area contributed by atoms with Gasteiger partial charge in [-0.1, -0.05) is 80.0 Å². The van der Waals surface area contributed by atoms with Crippen LogP contribution in [0, 0.1) is 23.7 Å². The van der Waals surface area contributed by atoms with Gasteiger partial charge in [0.1, 0.15) is 0 Å². The van der Waals surface area contributed by atoms with Crippen LogP contribution in [0.4, 0.5) is 0 Å². The second-order valence-corrected chi connectivity index (χ2v) is 11.2. The van der Waals surface area contributed by atoms with Gasteiger partial charge in [0.05, 0.1) is 4.88 Å². The van der Waals surface area contributed by atoms with Gasteiger partial charge in [0, 0.05) is 48.2 Å². The number of hydrogen-bond donors (Lipinski definition) is 1. The molecule has 0 spiro atoms. The van der Waals surface area contributed by atoms with E-state index in [1.807, 2.05) is 52.0 Å². The molecular formula is C33H39NS2. The molecule has 1 nitrogen and oxygen atoms in total. The highest BCUT2D eigenvalue weighted by atomic mass is 32.1. The van der Waals surface area contributed by atoms with Crippen molar-refractivity contribution in [3.05, 3.63) is 74.6 Å². The number of hydrogen-bond acceptors (Lipinski definition) is 3. The molecule has 0 unspecified atom stereocenters. The Morgan fingerprint density at radius 1 is 0.833 bits per heavy atom. The quantitative estimate of drug-likeness (QED) is 0.239. The van der Waals surface area contributed by atoms with Crippen LogP contribution < -0.4 is 5.73 Å². The normalized spacial score (nSPS) is 14.6. The highest BCUT2D eigenvalue weighted by Gasteiger charge is 2.34. The van der Waals surface area contributed by atoms with E-state index in [1.54, 1.807) is 11.3 Å². The van der Waals surface area contributed by atoms with Gasteiger partial charge in [-0.3, -0.25) is 0 Å². The molecule has 3 heteroatoms. The second kappa shape index (κ2) is 11.5. The molecule has 2 N–H and O–H groups in total. The van der Waals surface area contributed by atoms with Crippen LogP contribution in [0.2, 0.25) is 0 Å². The standard InChI is InChI=1S/C29H27NS2.2C2H6/c1-7-9-18-12-25-26(27(30)16(5)6)21-14-23-20(13-24(21)29(25)32-18)19(10-15(3)4)22-11-17(8-2)31-28(22)23;2*1-2/h8,10-16H,2,30H2,1,3-6H3;2*1-2H3/b19-10+,27-26-;;. The molecule has 0 saturated heterocycles. The lowest BCUT2D eigenvalue weighted by Crippen LogP contribution is -2.08. The average Bonchev–Trinajstić information content (AvgIpc) is 3.60. The van der Waals surface area contributed by atoms with Crippen molar-refractivity contribution in [1.29, 1.82) is 0 Å². The van der Waals surface area contributed by atoms with Crippen molar-refractivity contribution >= 4 is 39.9 Å². The van der Waals surface area contributed by atoms with E-state index < -0.39 is 0 Å². The molecule has 1 aromatic carbocycles. The number of benzene rings is 1. The molecule has 0 aliphatic heterocycles. The lowest BCUT2D eigenvalue weighted by atomic mass is 9.93. The summed E-state index contributed by atoms with van der Waals surface area (Å²) in [6.07, 6.45) is 4.35. The van der Waals surface area contributed by atoms with Crippen molar-refractivity contribution in [3.63, 3.8) is 0 Å². The number of fused-ring (bicyclic) bond motifs is 6. The first kappa shape index (κ1) is 27.8. The maximum atomic E-state index is 6.72. The molecule has 2 heterocycles. The molecule has 36 heavy (non-hydrogen) atoms. The van der Waals surface area contributed by atoms with Crippen LogP contribution in [0.25, 0.3) is 38.1 Å². The van der Waals surface area contributed by atoms with Crippen molar-refractivity contribution in [1.82, 2.24) is 0 Å². The Morgan fingerprint density at radius 2 is 1.44 bits per heavy atom. The molecule has 5 rings (SSSR count). The summed E-state index contributed by atoms with van der Waals surface area (Å²) in [4.78, 5) is 4.96. The summed E-state index contributed by atoms with van der Waals surface area (Å²) in [5.41, 5.74) is 18.0. The van der Waals surface area contributed by atoms with Crippen LogP contribution in [0.3, 0.4) is 0 Å². The van der Waals surface area contributed by atoms with Crippen molar-refractivity contribution in [3.8, 4) is 32.7 Å². The van der Waals surface area contributed by atoms with Gasteiger partial charge < -0.3 is 5.73 Å². The Bertz CT molecular complexity index is 1410. The van der Waals surface area contributed by atoms with Gasteiger partial charge in [-0.05, 0) is 59.7 Å². The molecule has 0 atom stereocenters. The van der Waals surface area contributed by atoms with Crippen molar-refractivity contribution in [2.24, 2.45) is 17.6 Å². The number of thiophene rings is 2. The fourth-order valence-corrected chi connectivity index (χ4v) is 6.83. The number of rotatable bonds is 3. The zero-order valence-electron chi connectivity index (χ0n) is 23.2. The summed E-state index contributed by atoms with van der Waals surface area (Å²) in [6.45, 7) is 22.7. The summed E-state index contributed by atoms with van der Waals surface area (Å²) in [7, 11) is 0. The Kier molecular flexibility index (Phi) is 8.88. The highest BCUT2D eigenvalue weighted by molar-refractivity contribution is 7.17. The molecule has 0 bridgehead atoms. The first-order valence-corrected chi connectivity index (χ1v) is 14.7. The van der Waals surface area contributed by atoms with Crippen molar-refractivity contribution < 1.29 is 0 Å². The Balaban J connectivity index is 0.000000861. The molecule has 2 aromatic heterocycles. The summed E-state index contributed by atoms with van der Waals surface area (Å²) < 4.78 is 0. The zero-order valence-corrected chi connectivity index (χ0v) is 24.9. The van der Waals surface area contributed by atoms with Crippen molar-refractivity contribution in [2.45, 2.75) is 62.3 Å². The highest BCUT2D eigenvalue weighted by Crippen LogP contribution is 2.56. The second-order valence-electron chi connectivity index (χ2n) is 9.08. The third-order valence-corrected chi connectivity index (χ3v) is 8.36. The van der Waals surface area contributed by atoms with E-state index in [-0.39, 0.29) is 5.92 Å². The lowest BCUT2D eigenvalue weighted by Gasteiger charge is -2.13. The van der Waals surface area contributed by atoms with Crippen LogP contribution in [-0.2, 0) is 0 Å². The fourth-order valence-electron chi connectivity index (χ4n) is 4.68. The van der Waals surface area contributed by atoms with Crippen LogP contribution >= 0.6 is 22.7 Å². The average molecular weight is 514 g/mol. The SMILES string of the molecule is C=Cc1cc2c(s1)-c1cc3c(cc1/C2=C\C(C)C)-c1sc(C#CC)cc1/C3=C(\N)C(C)C.CC.CC. The molecule has 0 amide bonds. The largest absolute Gasteiger partial charge is 0.401 e. The van der Waals surface area contributed by atoms with E-state index in [0.29, 0.717) is 5.92 Å². The van der Waals surface area contributed by atoms with Crippen LogP contribution in [-0.4, -0.2) is 0 Å². The molecule has 2 aliphatic carbocycles. The van der Waals surface area contributed by atoms with E-state index >= 15 is 0 Å². The minimum Gasteiger partial charge on any atom is -0.401 e. The third-order valence-electron chi connectivity index (χ3n) is 6.11. The van der Waals surface area contributed by atoms with Crippen LogP contribution in [0.1, 0.15) is 94.3 Å². The molecule has 0 radical (unpaired) electrons. The van der Waals surface area contributed by atoms with E-state index in [2.05, 4.69) is 76.5 Å². The minimum atomic E-state index is 0.277. The predicted molar refractivity (Wildman–Crippen MR) is 165 cm³/mol. The fraction of sp³-hybridized carbons (Fsp3) is 0.333. The van der Waals surface area contributed by atoms with Gasteiger partial charge >= 0.3 is 0 Å². The zero-order chi connectivity index (χ0) is 26.7. The molecule has 0 saturated carbocycles. The third kappa shape index (κ3) is 4.65. The number of allylic oxidation sites excluding steroid dienone is 2. The smallest absolute Gasteiger partial charge is 0.0781 e.